The highest BCUT2D eigenvalue weighted by Gasteiger charge is 2.31. The van der Waals surface area contributed by atoms with Crippen LogP contribution in [-0.2, 0) is 19.2 Å². The second-order valence-corrected chi connectivity index (χ2v) is 10.9. The molecule has 2 rings (SSSR count). The first-order valence-corrected chi connectivity index (χ1v) is 14.7. The van der Waals surface area contributed by atoms with E-state index < -0.39 is 0 Å². The average Bonchev–Trinajstić information content (AvgIpc) is 3.41. The fourth-order valence-electron chi connectivity index (χ4n) is 5.37. The molecule has 0 spiro atoms. The van der Waals surface area contributed by atoms with E-state index in [-0.39, 0.29) is 48.7 Å². The lowest BCUT2D eigenvalue weighted by atomic mass is 10.0. The fourth-order valence-corrected chi connectivity index (χ4v) is 5.37. The van der Waals surface area contributed by atoms with Gasteiger partial charge in [-0.05, 0) is 37.5 Å². The molecule has 0 aromatic heterocycles. The van der Waals surface area contributed by atoms with Crippen molar-refractivity contribution in [1.29, 1.82) is 0 Å². The van der Waals surface area contributed by atoms with Gasteiger partial charge in [-0.1, -0.05) is 38.5 Å². The van der Waals surface area contributed by atoms with Gasteiger partial charge < -0.3 is 30.6 Å². The molecule has 0 radical (unpaired) electrons. The summed E-state index contributed by atoms with van der Waals surface area (Å²) in [6.07, 6.45) is 11.6. The Balaban J connectivity index is 1.35. The van der Waals surface area contributed by atoms with Gasteiger partial charge in [0.1, 0.15) is 0 Å². The highest BCUT2D eigenvalue weighted by molar-refractivity contribution is 5.82. The Morgan fingerprint density at radius 2 is 1.00 bits per heavy atom. The molecular formula is C28H50N4O6. The molecule has 0 aromatic rings. The summed E-state index contributed by atoms with van der Waals surface area (Å²) >= 11 is 0. The van der Waals surface area contributed by atoms with E-state index in [1.165, 1.54) is 12.8 Å². The first-order valence-electron chi connectivity index (χ1n) is 14.7. The molecule has 10 heteroatoms. The van der Waals surface area contributed by atoms with Gasteiger partial charge in [0.05, 0.1) is 0 Å². The lowest BCUT2D eigenvalue weighted by Gasteiger charge is -2.15. The summed E-state index contributed by atoms with van der Waals surface area (Å²) in [5.41, 5.74) is 0. The third kappa shape index (κ3) is 13.0. The molecule has 0 aromatic carbocycles. The summed E-state index contributed by atoms with van der Waals surface area (Å²) in [5.74, 6) is 0.387. The Hall–Kier alpha value is -2.20. The van der Waals surface area contributed by atoms with Crippen LogP contribution in [0.25, 0.3) is 0 Å². The molecular weight excluding hydrogens is 488 g/mol. The van der Waals surface area contributed by atoms with Crippen LogP contribution < -0.4 is 10.6 Å². The summed E-state index contributed by atoms with van der Waals surface area (Å²) < 4.78 is 0. The van der Waals surface area contributed by atoms with E-state index in [1.807, 2.05) is 0 Å². The van der Waals surface area contributed by atoms with E-state index in [9.17, 15) is 19.2 Å². The van der Waals surface area contributed by atoms with Gasteiger partial charge >= 0.3 is 0 Å². The lowest BCUT2D eigenvalue weighted by Crippen LogP contribution is -2.29. The number of carbonyl (C=O) groups excluding carboxylic acids is 4. The lowest BCUT2D eigenvalue weighted by molar-refractivity contribution is -0.128. The van der Waals surface area contributed by atoms with Crippen LogP contribution >= 0.6 is 0 Å². The number of amides is 4. The summed E-state index contributed by atoms with van der Waals surface area (Å²) in [5, 5.41) is 23.8. The van der Waals surface area contributed by atoms with Crippen LogP contribution in [0.2, 0.25) is 0 Å². The number of nitrogens with one attached hydrogen (secondary N) is 2. The molecule has 38 heavy (non-hydrogen) atoms. The average molecular weight is 539 g/mol. The van der Waals surface area contributed by atoms with Crippen molar-refractivity contribution < 1.29 is 29.4 Å². The minimum absolute atomic E-state index is 0.0238. The third-order valence-corrected chi connectivity index (χ3v) is 7.46. The van der Waals surface area contributed by atoms with E-state index in [1.54, 1.807) is 9.80 Å². The number of hydrogen-bond acceptors (Lipinski definition) is 6. The Bertz CT molecular complexity index is 674. The summed E-state index contributed by atoms with van der Waals surface area (Å²) in [7, 11) is 0. The first kappa shape index (κ1) is 32.0. The molecule has 10 nitrogen and oxygen atoms in total. The van der Waals surface area contributed by atoms with E-state index in [2.05, 4.69) is 10.6 Å². The third-order valence-electron chi connectivity index (χ3n) is 7.46. The predicted molar refractivity (Wildman–Crippen MR) is 145 cm³/mol. The van der Waals surface area contributed by atoms with Crippen molar-refractivity contribution in [1.82, 2.24) is 20.4 Å². The SMILES string of the molecule is O=C(CC1CC(=O)N(CCCO)C1)NCCCCCCCCCCNC(=O)CC1CC(=O)N(CCCO)C1. The zero-order valence-corrected chi connectivity index (χ0v) is 23.1. The van der Waals surface area contributed by atoms with Gasteiger partial charge in [-0.15, -0.1) is 0 Å². The van der Waals surface area contributed by atoms with Crippen LogP contribution in [0, 0.1) is 11.8 Å². The number of carbonyl (C=O) groups is 4. The smallest absolute Gasteiger partial charge is 0.222 e. The number of hydrogen-bond donors (Lipinski definition) is 4. The molecule has 2 unspecified atom stereocenters. The van der Waals surface area contributed by atoms with Crippen molar-refractivity contribution in [2.45, 2.75) is 89.9 Å². The molecule has 0 aliphatic carbocycles. The van der Waals surface area contributed by atoms with E-state index in [4.69, 9.17) is 10.2 Å². The highest BCUT2D eigenvalue weighted by atomic mass is 16.3. The van der Waals surface area contributed by atoms with Crippen LogP contribution in [0.4, 0.5) is 0 Å². The normalized spacial score (nSPS) is 19.4. The maximum Gasteiger partial charge on any atom is 0.222 e. The fraction of sp³-hybridized carbons (Fsp3) is 0.857. The molecule has 2 saturated heterocycles. The maximum atomic E-state index is 12.1. The minimum atomic E-state index is 0.0238. The topological polar surface area (TPSA) is 139 Å². The molecule has 2 aliphatic rings. The molecule has 4 amide bonds. The second kappa shape index (κ2) is 19.0. The van der Waals surface area contributed by atoms with Gasteiger partial charge in [-0.3, -0.25) is 19.2 Å². The van der Waals surface area contributed by atoms with Crippen molar-refractivity contribution in [3.8, 4) is 0 Å². The molecule has 0 bridgehead atoms. The number of nitrogens with zero attached hydrogens (tertiary/aromatic N) is 2. The zero-order valence-electron chi connectivity index (χ0n) is 23.1. The Kier molecular flexibility index (Phi) is 16.0. The number of likely N-dealkylation sites (tertiary alicyclic amines) is 2. The molecule has 2 aliphatic heterocycles. The van der Waals surface area contributed by atoms with E-state index >= 15 is 0 Å². The van der Waals surface area contributed by atoms with Crippen molar-refractivity contribution in [3.05, 3.63) is 0 Å². The second-order valence-electron chi connectivity index (χ2n) is 10.9. The summed E-state index contributed by atoms with van der Waals surface area (Å²) in [6, 6.07) is 0. The van der Waals surface area contributed by atoms with Gasteiger partial charge in [0.2, 0.25) is 23.6 Å². The number of rotatable bonds is 21. The van der Waals surface area contributed by atoms with Crippen molar-refractivity contribution in [3.63, 3.8) is 0 Å². The van der Waals surface area contributed by atoms with E-state index in [0.29, 0.717) is 77.8 Å². The quantitative estimate of drug-likeness (QED) is 0.164. The van der Waals surface area contributed by atoms with Gasteiger partial charge in [0.15, 0.2) is 0 Å². The van der Waals surface area contributed by atoms with Crippen LogP contribution in [0.5, 0.6) is 0 Å². The molecule has 2 atom stereocenters. The van der Waals surface area contributed by atoms with Crippen LogP contribution in [0.3, 0.4) is 0 Å². The summed E-state index contributed by atoms with van der Waals surface area (Å²) in [4.78, 5) is 51.7. The first-order chi connectivity index (χ1) is 18.4. The Labute approximate surface area is 227 Å². The van der Waals surface area contributed by atoms with E-state index in [0.717, 1.165) is 38.5 Å². The monoisotopic (exact) mass is 538 g/mol. The molecule has 4 N–H and O–H groups in total. The van der Waals surface area contributed by atoms with Gasteiger partial charge in [-0.2, -0.15) is 0 Å². The minimum Gasteiger partial charge on any atom is -0.396 e. The highest BCUT2D eigenvalue weighted by Crippen LogP contribution is 2.22. The Morgan fingerprint density at radius 3 is 1.37 bits per heavy atom. The van der Waals surface area contributed by atoms with Gasteiger partial charge in [-0.25, -0.2) is 0 Å². The van der Waals surface area contributed by atoms with Gasteiger partial charge in [0, 0.05) is 78.2 Å². The van der Waals surface area contributed by atoms with Crippen molar-refractivity contribution >= 4 is 23.6 Å². The van der Waals surface area contributed by atoms with Crippen molar-refractivity contribution in [2.24, 2.45) is 11.8 Å². The largest absolute Gasteiger partial charge is 0.396 e. The van der Waals surface area contributed by atoms with Crippen LogP contribution in [0.1, 0.15) is 89.9 Å². The van der Waals surface area contributed by atoms with Crippen molar-refractivity contribution in [2.75, 3.05) is 52.5 Å². The van der Waals surface area contributed by atoms with Gasteiger partial charge in [0.25, 0.3) is 0 Å². The Morgan fingerprint density at radius 1 is 0.632 bits per heavy atom. The zero-order chi connectivity index (χ0) is 27.6. The number of aliphatic hydroxyl groups is 2. The molecule has 0 saturated carbocycles. The summed E-state index contributed by atoms with van der Waals surface area (Å²) in [6.45, 7) is 3.90. The standard InChI is InChI=1S/C28H50N4O6/c33-15-9-13-31-21-23(19-27(31)37)17-25(35)29-11-7-5-3-1-2-4-6-8-12-30-26(36)18-24-20-28(38)32(22-24)14-10-16-34/h23-24,33-34H,1-22H2,(H,29,35)(H,30,36). The van der Waals surface area contributed by atoms with Crippen LogP contribution in [0.15, 0.2) is 0 Å². The number of aliphatic hydroxyl groups excluding tert-OH is 2. The predicted octanol–water partition coefficient (Wildman–Crippen LogP) is 1.58. The maximum absolute atomic E-state index is 12.1. The molecule has 218 valence electrons. The molecule has 2 heterocycles. The molecule has 2 fully saturated rings. The van der Waals surface area contributed by atoms with Crippen LogP contribution in [-0.4, -0.2) is 96.1 Å². The number of unbranched alkanes of at least 4 members (excludes halogenated alkanes) is 7.